The van der Waals surface area contributed by atoms with Gasteiger partial charge in [-0.15, -0.1) is 0 Å². The third-order valence-corrected chi connectivity index (χ3v) is 3.24. The van der Waals surface area contributed by atoms with Crippen LogP contribution < -0.4 is 5.32 Å². The van der Waals surface area contributed by atoms with E-state index >= 15 is 0 Å². The number of rotatable bonds is 4. The molecule has 1 aliphatic heterocycles. The molecule has 20 heavy (non-hydrogen) atoms. The van der Waals surface area contributed by atoms with Crippen LogP contribution in [-0.2, 0) is 9.47 Å². The Morgan fingerprint density at radius 3 is 2.90 bits per heavy atom. The fourth-order valence-corrected chi connectivity index (χ4v) is 2.04. The lowest BCUT2D eigenvalue weighted by Crippen LogP contribution is -2.29. The minimum absolute atomic E-state index is 0.0354. The lowest BCUT2D eigenvalue weighted by molar-refractivity contribution is 0.0597. The van der Waals surface area contributed by atoms with Crippen molar-refractivity contribution in [2.45, 2.75) is 6.42 Å². The van der Waals surface area contributed by atoms with Crippen LogP contribution in [0.25, 0.3) is 0 Å². The molecule has 0 radical (unpaired) electrons. The van der Waals surface area contributed by atoms with Crippen molar-refractivity contribution in [2.24, 2.45) is 5.92 Å². The second kappa shape index (κ2) is 6.38. The Labute approximate surface area is 116 Å². The summed E-state index contributed by atoms with van der Waals surface area (Å²) in [5, 5.41) is 12.5. The molecular weight excluding hydrogens is 262 g/mol. The van der Waals surface area contributed by atoms with Crippen LogP contribution >= 0.6 is 0 Å². The summed E-state index contributed by atoms with van der Waals surface area (Å²) in [6, 6.07) is 4.11. The monoisotopic (exact) mass is 279 g/mol. The number of ether oxygens (including phenoxy) is 2. The van der Waals surface area contributed by atoms with Gasteiger partial charge in [-0.1, -0.05) is 0 Å². The molecule has 2 rings (SSSR count). The Morgan fingerprint density at radius 2 is 2.30 bits per heavy atom. The number of phenolic OH excluding ortho intramolecular Hbond substituents is 1. The van der Waals surface area contributed by atoms with Crippen LogP contribution in [0.2, 0.25) is 0 Å². The van der Waals surface area contributed by atoms with Gasteiger partial charge in [0.25, 0.3) is 5.91 Å². The highest BCUT2D eigenvalue weighted by molar-refractivity contribution is 5.98. The molecule has 0 aromatic heterocycles. The van der Waals surface area contributed by atoms with Crippen molar-refractivity contribution >= 4 is 11.9 Å². The molecule has 1 saturated heterocycles. The predicted molar refractivity (Wildman–Crippen MR) is 70.7 cm³/mol. The van der Waals surface area contributed by atoms with Crippen LogP contribution in [0.3, 0.4) is 0 Å². The molecule has 108 valence electrons. The lowest BCUT2D eigenvalue weighted by atomic mass is 10.1. The zero-order valence-electron chi connectivity index (χ0n) is 11.2. The van der Waals surface area contributed by atoms with E-state index < -0.39 is 5.97 Å². The van der Waals surface area contributed by atoms with E-state index in [9.17, 15) is 14.7 Å². The van der Waals surface area contributed by atoms with Crippen molar-refractivity contribution < 1.29 is 24.2 Å². The second-order valence-corrected chi connectivity index (χ2v) is 4.66. The number of hydrogen-bond acceptors (Lipinski definition) is 5. The molecule has 1 heterocycles. The van der Waals surface area contributed by atoms with Crippen LogP contribution in [0.15, 0.2) is 18.2 Å². The normalized spacial score (nSPS) is 17.8. The first-order valence-electron chi connectivity index (χ1n) is 6.39. The van der Waals surface area contributed by atoms with Gasteiger partial charge in [0.15, 0.2) is 0 Å². The van der Waals surface area contributed by atoms with E-state index in [0.717, 1.165) is 13.0 Å². The maximum absolute atomic E-state index is 11.9. The molecule has 1 unspecified atom stereocenters. The fourth-order valence-electron chi connectivity index (χ4n) is 2.04. The quantitative estimate of drug-likeness (QED) is 0.801. The fraction of sp³-hybridized carbons (Fsp3) is 0.429. The van der Waals surface area contributed by atoms with Gasteiger partial charge >= 0.3 is 5.97 Å². The van der Waals surface area contributed by atoms with Crippen molar-refractivity contribution in [1.82, 2.24) is 5.32 Å². The molecule has 1 aromatic carbocycles. The summed E-state index contributed by atoms with van der Waals surface area (Å²) in [4.78, 5) is 23.2. The Hall–Kier alpha value is -2.08. The van der Waals surface area contributed by atoms with Crippen LogP contribution in [0.4, 0.5) is 0 Å². The molecule has 0 bridgehead atoms. The Morgan fingerprint density at radius 1 is 1.50 bits per heavy atom. The Kier molecular flexibility index (Phi) is 4.57. The number of phenols is 1. The van der Waals surface area contributed by atoms with Crippen LogP contribution in [0, 0.1) is 5.92 Å². The molecule has 1 atom stereocenters. The minimum Gasteiger partial charge on any atom is -0.507 e. The molecule has 6 nitrogen and oxygen atoms in total. The van der Waals surface area contributed by atoms with Gasteiger partial charge < -0.3 is 19.9 Å². The molecule has 2 N–H and O–H groups in total. The molecule has 0 aliphatic carbocycles. The third-order valence-electron chi connectivity index (χ3n) is 3.24. The van der Waals surface area contributed by atoms with Crippen molar-refractivity contribution in [1.29, 1.82) is 0 Å². The minimum atomic E-state index is -0.641. The summed E-state index contributed by atoms with van der Waals surface area (Å²) in [7, 11) is 1.23. The number of hydrogen-bond donors (Lipinski definition) is 2. The third kappa shape index (κ3) is 3.27. The smallest absolute Gasteiger partial charge is 0.341 e. The lowest BCUT2D eigenvalue weighted by Gasteiger charge is -2.10. The second-order valence-electron chi connectivity index (χ2n) is 4.66. The molecule has 6 heteroatoms. The number of carbonyl (C=O) groups is 2. The van der Waals surface area contributed by atoms with Crippen LogP contribution in [-0.4, -0.2) is 43.9 Å². The first-order valence-corrected chi connectivity index (χ1v) is 6.39. The average Bonchev–Trinajstić information content (AvgIpc) is 2.97. The molecule has 1 fully saturated rings. The zero-order valence-corrected chi connectivity index (χ0v) is 11.2. The number of amides is 1. The van der Waals surface area contributed by atoms with Gasteiger partial charge in [-0.25, -0.2) is 4.79 Å². The van der Waals surface area contributed by atoms with Crippen molar-refractivity contribution in [3.63, 3.8) is 0 Å². The predicted octanol–water partition coefficient (Wildman–Crippen LogP) is 0.945. The number of nitrogens with one attached hydrogen (secondary N) is 1. The highest BCUT2D eigenvalue weighted by Gasteiger charge is 2.18. The number of methoxy groups -OCH3 is 1. The number of benzene rings is 1. The van der Waals surface area contributed by atoms with Crippen LogP contribution in [0.5, 0.6) is 5.75 Å². The van der Waals surface area contributed by atoms with Gasteiger partial charge in [-0.05, 0) is 24.6 Å². The van der Waals surface area contributed by atoms with E-state index in [0.29, 0.717) is 24.6 Å². The van der Waals surface area contributed by atoms with Crippen LogP contribution in [0.1, 0.15) is 27.1 Å². The van der Waals surface area contributed by atoms with Gasteiger partial charge in [0, 0.05) is 24.6 Å². The van der Waals surface area contributed by atoms with E-state index in [-0.39, 0.29) is 17.2 Å². The summed E-state index contributed by atoms with van der Waals surface area (Å²) in [5.41, 5.74) is 0.335. The standard InChI is InChI=1S/C14H17NO5/c1-19-14(18)11-3-2-10(6-12(11)16)13(17)15-7-9-4-5-20-8-9/h2-3,6,9,16H,4-5,7-8H2,1H3,(H,15,17). The molecule has 1 amide bonds. The molecule has 0 spiro atoms. The van der Waals surface area contributed by atoms with Crippen molar-refractivity contribution in [2.75, 3.05) is 26.9 Å². The number of aromatic hydroxyl groups is 1. The van der Waals surface area contributed by atoms with E-state index in [1.54, 1.807) is 0 Å². The van der Waals surface area contributed by atoms with Gasteiger partial charge in [-0.3, -0.25) is 4.79 Å². The largest absolute Gasteiger partial charge is 0.507 e. The number of carbonyl (C=O) groups excluding carboxylic acids is 2. The molecule has 1 aromatic rings. The van der Waals surface area contributed by atoms with E-state index in [2.05, 4.69) is 10.1 Å². The topological polar surface area (TPSA) is 84.9 Å². The van der Waals surface area contributed by atoms with E-state index in [1.165, 1.54) is 25.3 Å². The molecule has 1 aliphatic rings. The van der Waals surface area contributed by atoms with E-state index in [1.807, 2.05) is 0 Å². The summed E-state index contributed by atoms with van der Waals surface area (Å²) in [6.07, 6.45) is 0.937. The van der Waals surface area contributed by atoms with E-state index in [4.69, 9.17) is 4.74 Å². The summed E-state index contributed by atoms with van der Waals surface area (Å²) in [6.45, 7) is 1.93. The maximum atomic E-state index is 11.9. The van der Waals surface area contributed by atoms with Gasteiger partial charge in [0.1, 0.15) is 11.3 Å². The summed E-state index contributed by atoms with van der Waals surface area (Å²) < 4.78 is 9.75. The SMILES string of the molecule is COC(=O)c1ccc(C(=O)NCC2CCOC2)cc1O. The summed E-state index contributed by atoms with van der Waals surface area (Å²) >= 11 is 0. The van der Waals surface area contributed by atoms with Crippen molar-refractivity contribution in [3.05, 3.63) is 29.3 Å². The highest BCUT2D eigenvalue weighted by atomic mass is 16.5. The zero-order chi connectivity index (χ0) is 14.5. The average molecular weight is 279 g/mol. The number of esters is 1. The first kappa shape index (κ1) is 14.3. The molecular formula is C14H17NO5. The summed E-state index contributed by atoms with van der Waals surface area (Å²) in [5.74, 6) is -0.864. The highest BCUT2D eigenvalue weighted by Crippen LogP contribution is 2.20. The Bertz CT molecular complexity index is 508. The first-order chi connectivity index (χ1) is 9.61. The molecule has 0 saturated carbocycles. The van der Waals surface area contributed by atoms with Gasteiger partial charge in [-0.2, -0.15) is 0 Å². The Balaban J connectivity index is 1.99. The van der Waals surface area contributed by atoms with Gasteiger partial charge in [0.05, 0.1) is 13.7 Å². The maximum Gasteiger partial charge on any atom is 0.341 e. The van der Waals surface area contributed by atoms with Crippen molar-refractivity contribution in [3.8, 4) is 5.75 Å². The van der Waals surface area contributed by atoms with Gasteiger partial charge in [0.2, 0.25) is 0 Å².